The summed E-state index contributed by atoms with van der Waals surface area (Å²) in [6, 6.07) is 32.5. The molecule has 5 aromatic rings. The van der Waals surface area contributed by atoms with Crippen molar-refractivity contribution >= 4 is 5.65 Å². The maximum atomic E-state index is 9.64. The Bertz CT molecular complexity index is 1340. The van der Waals surface area contributed by atoms with Gasteiger partial charge >= 0.3 is 0 Å². The lowest BCUT2D eigenvalue weighted by atomic mass is 9.98. The molecule has 0 bridgehead atoms. The Balaban J connectivity index is 1.81. The van der Waals surface area contributed by atoms with Crippen molar-refractivity contribution in [1.82, 2.24) is 9.38 Å². The van der Waals surface area contributed by atoms with E-state index in [1.807, 2.05) is 60.7 Å². The van der Waals surface area contributed by atoms with Gasteiger partial charge in [0.25, 0.3) is 0 Å². The molecule has 2 heterocycles. The zero-order valence-electron chi connectivity index (χ0n) is 15.7. The van der Waals surface area contributed by atoms with E-state index in [0.29, 0.717) is 5.56 Å². The van der Waals surface area contributed by atoms with Crippen LogP contribution < -0.4 is 0 Å². The second-order valence-electron chi connectivity index (χ2n) is 6.89. The van der Waals surface area contributed by atoms with Crippen LogP contribution in [0.2, 0.25) is 0 Å². The van der Waals surface area contributed by atoms with Crippen molar-refractivity contribution in [3.8, 4) is 39.6 Å². The van der Waals surface area contributed by atoms with Gasteiger partial charge in [0.1, 0.15) is 5.65 Å². The van der Waals surface area contributed by atoms with Gasteiger partial charge in [-0.25, -0.2) is 4.98 Å². The summed E-state index contributed by atoms with van der Waals surface area (Å²) in [5.74, 6) is 0. The van der Waals surface area contributed by atoms with E-state index in [1.165, 1.54) is 0 Å². The Hall–Kier alpha value is -4.16. The van der Waals surface area contributed by atoms with Gasteiger partial charge in [-0.2, -0.15) is 5.26 Å². The molecule has 136 valence electrons. The molecule has 3 heteroatoms. The topological polar surface area (TPSA) is 41.1 Å². The van der Waals surface area contributed by atoms with Gasteiger partial charge < -0.3 is 4.40 Å². The number of hydrogen-bond acceptors (Lipinski definition) is 2. The van der Waals surface area contributed by atoms with Crippen LogP contribution in [0.25, 0.3) is 39.2 Å². The fourth-order valence-corrected chi connectivity index (χ4v) is 3.65. The molecule has 0 unspecified atom stereocenters. The molecule has 0 aliphatic heterocycles. The first kappa shape index (κ1) is 17.0. The lowest BCUT2D eigenvalue weighted by Gasteiger charge is -2.10. The summed E-state index contributed by atoms with van der Waals surface area (Å²) in [6.45, 7) is 0. The molecule has 5 rings (SSSR count). The summed E-state index contributed by atoms with van der Waals surface area (Å²) in [6.07, 6.45) is 4.15. The van der Waals surface area contributed by atoms with E-state index in [9.17, 15) is 5.26 Å². The highest BCUT2D eigenvalue weighted by atomic mass is 15.0. The monoisotopic (exact) mass is 371 g/mol. The average molecular weight is 371 g/mol. The average Bonchev–Trinajstić information content (AvgIpc) is 3.24. The van der Waals surface area contributed by atoms with Gasteiger partial charge in [-0.3, -0.25) is 0 Å². The number of nitrogens with zero attached hydrogens (tertiary/aromatic N) is 3. The fraction of sp³-hybridized carbons (Fsp3) is 0. The van der Waals surface area contributed by atoms with Gasteiger partial charge in [-0.15, -0.1) is 0 Å². The lowest BCUT2D eigenvalue weighted by molar-refractivity contribution is 1.19. The molecule has 0 saturated heterocycles. The van der Waals surface area contributed by atoms with E-state index >= 15 is 0 Å². The van der Waals surface area contributed by atoms with Crippen LogP contribution >= 0.6 is 0 Å². The molecular weight excluding hydrogens is 354 g/mol. The van der Waals surface area contributed by atoms with E-state index in [0.717, 1.165) is 39.2 Å². The van der Waals surface area contributed by atoms with E-state index < -0.39 is 0 Å². The van der Waals surface area contributed by atoms with Gasteiger partial charge in [0, 0.05) is 29.1 Å². The van der Waals surface area contributed by atoms with Crippen molar-refractivity contribution in [3.05, 3.63) is 109 Å². The zero-order valence-corrected chi connectivity index (χ0v) is 15.7. The van der Waals surface area contributed by atoms with Crippen LogP contribution in [0.1, 0.15) is 5.56 Å². The predicted molar refractivity (Wildman–Crippen MR) is 116 cm³/mol. The van der Waals surface area contributed by atoms with E-state index in [4.69, 9.17) is 4.98 Å². The van der Waals surface area contributed by atoms with Crippen LogP contribution in [0.4, 0.5) is 0 Å². The summed E-state index contributed by atoms with van der Waals surface area (Å²) >= 11 is 0. The predicted octanol–water partition coefficient (Wildman–Crippen LogP) is 6.21. The molecular formula is C26H17N3. The molecule has 2 aromatic heterocycles. The third-order valence-electron chi connectivity index (χ3n) is 5.07. The summed E-state index contributed by atoms with van der Waals surface area (Å²) in [7, 11) is 0. The van der Waals surface area contributed by atoms with Crippen molar-refractivity contribution in [2.45, 2.75) is 0 Å². The second kappa shape index (κ2) is 7.10. The number of nitriles is 1. The largest absolute Gasteiger partial charge is 0.305 e. The number of benzene rings is 3. The molecule has 0 aliphatic rings. The highest BCUT2D eigenvalue weighted by Crippen LogP contribution is 2.33. The minimum absolute atomic E-state index is 0.642. The Morgan fingerprint density at radius 1 is 0.655 bits per heavy atom. The molecule has 0 saturated carbocycles. The number of aromatic nitrogens is 2. The summed E-state index contributed by atoms with van der Waals surface area (Å²) in [5, 5.41) is 9.64. The van der Waals surface area contributed by atoms with Crippen molar-refractivity contribution in [3.63, 3.8) is 0 Å². The number of fused-ring (bicyclic) bond motifs is 1. The van der Waals surface area contributed by atoms with E-state index in [2.05, 4.69) is 53.2 Å². The first-order valence-corrected chi connectivity index (χ1v) is 9.46. The molecule has 0 spiro atoms. The third-order valence-corrected chi connectivity index (χ3v) is 5.07. The summed E-state index contributed by atoms with van der Waals surface area (Å²) < 4.78 is 2.06. The molecule has 0 N–H and O–H groups in total. The van der Waals surface area contributed by atoms with Gasteiger partial charge in [0.05, 0.1) is 17.3 Å². The molecule has 0 aliphatic carbocycles. The van der Waals surface area contributed by atoms with Gasteiger partial charge in [0.15, 0.2) is 0 Å². The molecule has 3 nitrogen and oxygen atoms in total. The van der Waals surface area contributed by atoms with Gasteiger partial charge in [0.2, 0.25) is 0 Å². The van der Waals surface area contributed by atoms with Crippen LogP contribution in [0, 0.1) is 11.3 Å². The maximum absolute atomic E-state index is 9.64. The van der Waals surface area contributed by atoms with Crippen LogP contribution in [-0.2, 0) is 0 Å². The smallest absolute Gasteiger partial charge is 0.145 e. The lowest BCUT2D eigenvalue weighted by Crippen LogP contribution is -1.93. The molecule has 0 amide bonds. The van der Waals surface area contributed by atoms with Crippen LogP contribution in [-0.4, -0.2) is 9.38 Å². The number of rotatable bonds is 3. The molecule has 0 atom stereocenters. The Morgan fingerprint density at radius 2 is 1.31 bits per heavy atom. The summed E-state index contributed by atoms with van der Waals surface area (Å²) in [4.78, 5) is 4.92. The minimum Gasteiger partial charge on any atom is -0.305 e. The number of pyridine rings is 1. The Kier molecular flexibility index (Phi) is 4.16. The van der Waals surface area contributed by atoms with E-state index in [-0.39, 0.29) is 0 Å². The van der Waals surface area contributed by atoms with Crippen molar-refractivity contribution in [1.29, 1.82) is 5.26 Å². The molecule has 0 fully saturated rings. The molecule has 29 heavy (non-hydrogen) atoms. The maximum Gasteiger partial charge on any atom is 0.145 e. The van der Waals surface area contributed by atoms with E-state index in [1.54, 1.807) is 0 Å². The van der Waals surface area contributed by atoms with Crippen molar-refractivity contribution in [2.24, 2.45) is 0 Å². The Morgan fingerprint density at radius 3 is 2.03 bits per heavy atom. The highest BCUT2D eigenvalue weighted by molar-refractivity contribution is 5.86. The van der Waals surface area contributed by atoms with Crippen LogP contribution in [0.5, 0.6) is 0 Å². The first-order valence-electron chi connectivity index (χ1n) is 9.46. The third kappa shape index (κ3) is 3.07. The van der Waals surface area contributed by atoms with Crippen LogP contribution in [0.15, 0.2) is 103 Å². The van der Waals surface area contributed by atoms with Gasteiger partial charge in [-0.1, -0.05) is 78.9 Å². The Labute approximate surface area is 169 Å². The minimum atomic E-state index is 0.642. The van der Waals surface area contributed by atoms with Crippen molar-refractivity contribution < 1.29 is 0 Å². The van der Waals surface area contributed by atoms with Gasteiger partial charge in [-0.05, 0) is 23.3 Å². The standard InChI is InChI=1S/C26H17N3/c27-16-21-13-7-8-14-23(21)24-15-22(19-9-3-1-4-10-19)17-29-18-25(28-26(24)29)20-11-5-2-6-12-20/h1-15,17-18H. The second-order valence-corrected chi connectivity index (χ2v) is 6.89. The number of hydrogen-bond donors (Lipinski definition) is 0. The fourth-order valence-electron chi connectivity index (χ4n) is 3.65. The quantitative estimate of drug-likeness (QED) is 0.378. The highest BCUT2D eigenvalue weighted by Gasteiger charge is 2.15. The van der Waals surface area contributed by atoms with Crippen LogP contribution in [0.3, 0.4) is 0 Å². The van der Waals surface area contributed by atoms with Crippen molar-refractivity contribution in [2.75, 3.05) is 0 Å². The first-order chi connectivity index (χ1) is 14.3. The zero-order chi connectivity index (χ0) is 19.6. The molecule has 3 aromatic carbocycles. The normalized spacial score (nSPS) is 10.7. The SMILES string of the molecule is N#Cc1ccccc1-c1cc(-c2ccccc2)cn2cc(-c3ccccc3)nc12. The summed E-state index contributed by atoms with van der Waals surface area (Å²) in [5.41, 5.74) is 7.50. The molecule has 0 radical (unpaired) electrons. The number of imidazole rings is 1.